The number of rotatable bonds is 0. The Labute approximate surface area is 70.3 Å². The van der Waals surface area contributed by atoms with Crippen LogP contribution in [-0.2, 0) is 13.1 Å². The van der Waals surface area contributed by atoms with Crippen LogP contribution in [0.2, 0.25) is 0 Å². The normalized spacial score (nSPS) is 4.40. The first-order valence-corrected chi connectivity index (χ1v) is 2.82. The van der Waals surface area contributed by atoms with E-state index in [4.69, 9.17) is 0 Å². The Hall–Kier alpha value is 2.29. The van der Waals surface area contributed by atoms with Crippen LogP contribution in [0.4, 0.5) is 0 Å². The zero-order valence-electron chi connectivity index (χ0n) is 3.06. The summed E-state index contributed by atoms with van der Waals surface area (Å²) in [5, 5.41) is 0. The summed E-state index contributed by atoms with van der Waals surface area (Å²) in [6, 6.07) is 0. The van der Waals surface area contributed by atoms with Crippen molar-refractivity contribution >= 4 is 20.2 Å². The molecule has 0 unspecified atom stereocenters. The second-order valence-electron chi connectivity index (χ2n) is 0.0431. The molecule has 0 N–H and O–H groups in total. The van der Waals surface area contributed by atoms with Crippen LogP contribution in [0.3, 0.4) is 0 Å². The number of halogens is 2. The van der Waals surface area contributed by atoms with E-state index in [9.17, 15) is 0 Å². The molecule has 0 aromatic heterocycles. The first-order valence-electron chi connectivity index (χ1n) is 0.228. The molecule has 0 aliphatic carbocycles. The summed E-state index contributed by atoms with van der Waals surface area (Å²) in [6.45, 7) is 0. The maximum absolute atomic E-state index is 4.67. The minimum Gasteiger partial charge on any atom is 1.00 e. The van der Waals surface area contributed by atoms with E-state index < -0.39 is 0 Å². The molecule has 0 aromatic rings. The van der Waals surface area contributed by atoms with E-state index in [1.54, 1.807) is 0 Å². The van der Waals surface area contributed by atoms with E-state index >= 15 is 0 Å². The Kier molecular flexibility index (Phi) is 51.0. The molecular weight excluding hydrogens is 148 g/mol. The molecule has 5 heteroatoms. The van der Waals surface area contributed by atoms with E-state index in [0.717, 1.165) is 13.1 Å². The summed E-state index contributed by atoms with van der Waals surface area (Å²) < 4.78 is 0. The van der Waals surface area contributed by atoms with Gasteiger partial charge in [-0.15, -0.1) is 0 Å². The molecule has 0 fully saturated rings. The van der Waals surface area contributed by atoms with Crippen LogP contribution in [0, 0.1) is 0 Å². The molecule has 0 aromatic carbocycles. The van der Waals surface area contributed by atoms with Gasteiger partial charge >= 0.3 is 71.1 Å². The molecule has 0 saturated carbocycles. The summed E-state index contributed by atoms with van der Waals surface area (Å²) in [6.07, 6.45) is 0. The third kappa shape index (κ3) is 22.1. The zero-order valence-corrected chi connectivity index (χ0v) is 5.51. The number of hydrogen-bond acceptors (Lipinski definition) is 0. The van der Waals surface area contributed by atoms with Gasteiger partial charge in [0.25, 0.3) is 0 Å². The molecule has 0 spiro atoms. The molecule has 0 bridgehead atoms. The molecule has 0 nitrogen and oxygen atoms in total. The van der Waals surface area contributed by atoms with Crippen molar-refractivity contribution in [2.45, 2.75) is 0 Å². The average Bonchev–Trinajstić information content (AvgIpc) is 0.918. The summed E-state index contributed by atoms with van der Waals surface area (Å²) in [5.74, 6) is 0. The Morgan fingerprint density at radius 3 is 1.00 bits per heavy atom. The molecular formula is Cl2CuLi2. The number of hydrogen-bond donors (Lipinski definition) is 0. The molecule has 0 saturated heterocycles. The fourth-order valence-corrected chi connectivity index (χ4v) is 0. The van der Waals surface area contributed by atoms with E-state index in [1.165, 1.54) is 0 Å². The standard InChI is InChI=1S/2ClH.Cu.2Li/h2*1H;;;/q;;;2*+1/p-2. The van der Waals surface area contributed by atoms with Crippen LogP contribution in [0.1, 0.15) is 0 Å². The molecule has 27 valence electrons. The van der Waals surface area contributed by atoms with Crippen molar-refractivity contribution in [2.75, 3.05) is 0 Å². The molecule has 0 amide bonds. The minimum absolute atomic E-state index is 0. The van der Waals surface area contributed by atoms with E-state index in [2.05, 4.69) is 20.2 Å². The zero-order chi connectivity index (χ0) is 2.71. The largest absolute Gasteiger partial charge is 1.00 e. The topological polar surface area (TPSA) is 0 Å². The van der Waals surface area contributed by atoms with Crippen LogP contribution in [-0.4, -0.2) is 0 Å². The van der Waals surface area contributed by atoms with Crippen molar-refractivity contribution in [3.8, 4) is 0 Å². The van der Waals surface area contributed by atoms with Gasteiger partial charge < -0.3 is 0 Å². The van der Waals surface area contributed by atoms with Crippen LogP contribution in [0.15, 0.2) is 0 Å². The van der Waals surface area contributed by atoms with Crippen LogP contribution in [0.25, 0.3) is 0 Å². The third-order valence-electron chi connectivity index (χ3n) is 0. The van der Waals surface area contributed by atoms with Gasteiger partial charge in [-0.25, -0.2) is 0 Å². The summed E-state index contributed by atoms with van der Waals surface area (Å²) >= 11 is 0.757. The van der Waals surface area contributed by atoms with Gasteiger partial charge in [-0.3, -0.25) is 0 Å². The SMILES string of the molecule is [Cl][Cu-2][Cl].[Li+].[Li+]. The maximum Gasteiger partial charge on any atom is 1.00 e. The molecule has 0 heterocycles. The van der Waals surface area contributed by atoms with Gasteiger partial charge in [0, 0.05) is 0 Å². The average molecular weight is 148 g/mol. The van der Waals surface area contributed by atoms with Crippen molar-refractivity contribution in [2.24, 2.45) is 0 Å². The van der Waals surface area contributed by atoms with Crippen LogP contribution in [0.5, 0.6) is 0 Å². The van der Waals surface area contributed by atoms with Gasteiger partial charge in [0.15, 0.2) is 0 Å². The molecule has 0 aliphatic rings. The van der Waals surface area contributed by atoms with Crippen LogP contribution < -0.4 is 37.7 Å². The van der Waals surface area contributed by atoms with E-state index in [1.807, 2.05) is 0 Å². The van der Waals surface area contributed by atoms with Crippen molar-refractivity contribution in [1.82, 2.24) is 0 Å². The Morgan fingerprint density at radius 2 is 1.00 bits per heavy atom. The molecule has 0 atom stereocenters. The van der Waals surface area contributed by atoms with Crippen molar-refractivity contribution in [3.05, 3.63) is 0 Å². The summed E-state index contributed by atoms with van der Waals surface area (Å²) in [4.78, 5) is 0. The third-order valence-corrected chi connectivity index (χ3v) is 0. The minimum atomic E-state index is 0. The predicted molar refractivity (Wildman–Crippen MR) is 11.7 cm³/mol. The Morgan fingerprint density at radius 1 is 1.00 bits per heavy atom. The summed E-state index contributed by atoms with van der Waals surface area (Å²) in [5.41, 5.74) is 0. The molecule has 0 radical (unpaired) electrons. The van der Waals surface area contributed by atoms with Crippen LogP contribution >= 0.6 is 20.2 Å². The summed E-state index contributed by atoms with van der Waals surface area (Å²) in [7, 11) is 9.34. The quantitative estimate of drug-likeness (QED) is 0.303. The van der Waals surface area contributed by atoms with Gasteiger partial charge in [-0.2, -0.15) is 0 Å². The van der Waals surface area contributed by atoms with Crippen molar-refractivity contribution in [1.29, 1.82) is 0 Å². The van der Waals surface area contributed by atoms with Gasteiger partial charge in [-0.05, 0) is 0 Å². The smallest absolute Gasteiger partial charge is 1.00 e. The fraction of sp³-hybridized carbons (Fsp3) is 0. The first-order chi connectivity index (χ1) is 1.41. The molecule has 0 rings (SSSR count). The van der Waals surface area contributed by atoms with Crippen molar-refractivity contribution in [3.63, 3.8) is 0 Å². The monoisotopic (exact) mass is 147 g/mol. The second-order valence-corrected chi connectivity index (χ2v) is 1.60. The van der Waals surface area contributed by atoms with E-state index in [0.29, 0.717) is 0 Å². The molecule has 5 heavy (non-hydrogen) atoms. The van der Waals surface area contributed by atoms with Gasteiger partial charge in [-0.1, -0.05) is 0 Å². The van der Waals surface area contributed by atoms with Gasteiger partial charge in [0.1, 0.15) is 0 Å². The first kappa shape index (κ1) is 15.7. The fourth-order valence-electron chi connectivity index (χ4n) is 0. The Bertz CT molecular complexity index is 7.61. The van der Waals surface area contributed by atoms with Gasteiger partial charge in [0.05, 0.1) is 0 Å². The van der Waals surface area contributed by atoms with Crippen molar-refractivity contribution < 1.29 is 50.9 Å². The molecule has 0 aliphatic heterocycles. The van der Waals surface area contributed by atoms with E-state index in [-0.39, 0.29) is 37.7 Å². The maximum atomic E-state index is 4.67. The van der Waals surface area contributed by atoms with Gasteiger partial charge in [0.2, 0.25) is 0 Å². The second kappa shape index (κ2) is 16.3. The predicted octanol–water partition coefficient (Wildman–Crippen LogP) is -4.62. The Balaban J connectivity index is -0.0000000200.